The first-order chi connectivity index (χ1) is 10.5. The lowest BCUT2D eigenvalue weighted by Crippen LogP contribution is -2.26. The summed E-state index contributed by atoms with van der Waals surface area (Å²) >= 11 is 0. The van der Waals surface area contributed by atoms with Crippen LogP contribution in [0, 0.1) is 13.8 Å². The van der Waals surface area contributed by atoms with Crippen LogP contribution in [0.1, 0.15) is 27.4 Å². The van der Waals surface area contributed by atoms with E-state index in [2.05, 4.69) is 10.5 Å². The van der Waals surface area contributed by atoms with E-state index in [4.69, 9.17) is 14.0 Å². The number of aromatic nitrogens is 1. The maximum Gasteiger partial charge on any atom is 0.273 e. The predicted octanol–water partition coefficient (Wildman–Crippen LogP) is 2.28. The molecule has 1 aromatic heterocycles. The zero-order valence-corrected chi connectivity index (χ0v) is 13.2. The topological polar surface area (TPSA) is 73.6 Å². The molecule has 0 saturated carbocycles. The van der Waals surface area contributed by atoms with Crippen molar-refractivity contribution in [2.75, 3.05) is 20.8 Å². The van der Waals surface area contributed by atoms with Gasteiger partial charge >= 0.3 is 0 Å². The molecule has 0 radical (unpaired) electrons. The van der Waals surface area contributed by atoms with Crippen LogP contribution in [0.25, 0.3) is 0 Å². The second kappa shape index (κ2) is 6.98. The summed E-state index contributed by atoms with van der Waals surface area (Å²) in [6.07, 6.45) is 0.689. The van der Waals surface area contributed by atoms with Crippen molar-refractivity contribution in [1.82, 2.24) is 10.5 Å². The number of nitrogens with zero attached hydrogens (tertiary/aromatic N) is 1. The lowest BCUT2D eigenvalue weighted by atomic mass is 10.0. The summed E-state index contributed by atoms with van der Waals surface area (Å²) in [4.78, 5) is 11.9. The Morgan fingerprint density at radius 1 is 1.18 bits per heavy atom. The van der Waals surface area contributed by atoms with E-state index in [9.17, 15) is 4.79 Å². The van der Waals surface area contributed by atoms with E-state index < -0.39 is 0 Å². The van der Waals surface area contributed by atoms with Crippen LogP contribution in [0.4, 0.5) is 0 Å². The highest BCUT2D eigenvalue weighted by Gasteiger charge is 2.12. The summed E-state index contributed by atoms with van der Waals surface area (Å²) in [7, 11) is 3.21. The summed E-state index contributed by atoms with van der Waals surface area (Å²) < 4.78 is 15.4. The van der Waals surface area contributed by atoms with Crippen molar-refractivity contribution in [1.29, 1.82) is 0 Å². The standard InChI is InChI=1S/C16H20N2O4/c1-10-7-14(20-3)15(21-4)9-12(10)5-6-17-16(19)13-8-11(2)22-18-13/h7-9H,5-6H2,1-4H3,(H,17,19). The zero-order valence-electron chi connectivity index (χ0n) is 13.2. The molecule has 0 fully saturated rings. The van der Waals surface area contributed by atoms with Gasteiger partial charge in [0.15, 0.2) is 17.2 Å². The van der Waals surface area contributed by atoms with Crippen LogP contribution < -0.4 is 14.8 Å². The largest absolute Gasteiger partial charge is 0.493 e. The second-order valence-electron chi connectivity index (χ2n) is 4.96. The highest BCUT2D eigenvalue weighted by atomic mass is 16.5. The molecular formula is C16H20N2O4. The van der Waals surface area contributed by atoms with Crippen molar-refractivity contribution in [3.8, 4) is 11.5 Å². The van der Waals surface area contributed by atoms with Crippen molar-refractivity contribution in [2.45, 2.75) is 20.3 Å². The van der Waals surface area contributed by atoms with Gasteiger partial charge in [0.1, 0.15) is 5.76 Å². The lowest BCUT2D eigenvalue weighted by Gasteiger charge is -2.13. The van der Waals surface area contributed by atoms with Crippen molar-refractivity contribution >= 4 is 5.91 Å². The number of benzene rings is 1. The van der Waals surface area contributed by atoms with Crippen LogP contribution >= 0.6 is 0 Å². The molecule has 118 valence electrons. The van der Waals surface area contributed by atoms with Gasteiger partial charge < -0.3 is 19.3 Å². The molecule has 0 unspecified atom stereocenters. The van der Waals surface area contributed by atoms with Crippen LogP contribution in [-0.2, 0) is 6.42 Å². The number of nitrogens with one attached hydrogen (secondary N) is 1. The second-order valence-corrected chi connectivity index (χ2v) is 4.96. The molecule has 1 heterocycles. The molecule has 2 aromatic rings. The molecule has 0 atom stereocenters. The lowest BCUT2D eigenvalue weighted by molar-refractivity contribution is 0.0945. The van der Waals surface area contributed by atoms with Gasteiger partial charge in [-0.25, -0.2) is 0 Å². The van der Waals surface area contributed by atoms with Gasteiger partial charge in [-0.05, 0) is 43.5 Å². The Hall–Kier alpha value is -2.50. The van der Waals surface area contributed by atoms with Crippen molar-refractivity contribution in [2.24, 2.45) is 0 Å². The average Bonchev–Trinajstić information content (AvgIpc) is 2.95. The van der Waals surface area contributed by atoms with Crippen molar-refractivity contribution < 1.29 is 18.8 Å². The van der Waals surface area contributed by atoms with E-state index in [-0.39, 0.29) is 5.91 Å². The molecule has 1 N–H and O–H groups in total. The Labute approximate surface area is 129 Å². The number of amides is 1. The van der Waals surface area contributed by atoms with Crippen LogP contribution in [0.15, 0.2) is 22.7 Å². The van der Waals surface area contributed by atoms with Crippen molar-refractivity contribution in [3.05, 3.63) is 40.8 Å². The summed E-state index contributed by atoms with van der Waals surface area (Å²) in [6, 6.07) is 5.47. The predicted molar refractivity (Wildman–Crippen MR) is 81.6 cm³/mol. The molecule has 0 aliphatic heterocycles. The maximum atomic E-state index is 11.9. The van der Waals surface area contributed by atoms with Gasteiger partial charge in [-0.15, -0.1) is 0 Å². The van der Waals surface area contributed by atoms with Crippen LogP contribution in [0.3, 0.4) is 0 Å². The SMILES string of the molecule is COc1cc(C)c(CCNC(=O)c2cc(C)on2)cc1OC. The number of ether oxygens (including phenoxy) is 2. The molecule has 0 aliphatic rings. The average molecular weight is 304 g/mol. The Morgan fingerprint density at radius 2 is 1.86 bits per heavy atom. The molecule has 6 heteroatoms. The molecule has 0 spiro atoms. The molecule has 6 nitrogen and oxygen atoms in total. The summed E-state index contributed by atoms with van der Waals surface area (Å²) in [5, 5.41) is 6.51. The third kappa shape index (κ3) is 3.58. The van der Waals surface area contributed by atoms with Gasteiger partial charge in [0, 0.05) is 12.6 Å². The normalized spacial score (nSPS) is 10.4. The minimum Gasteiger partial charge on any atom is -0.493 e. The number of carbonyl (C=O) groups is 1. The monoisotopic (exact) mass is 304 g/mol. The quantitative estimate of drug-likeness (QED) is 0.886. The fraction of sp³-hybridized carbons (Fsp3) is 0.375. The van der Waals surface area contributed by atoms with Gasteiger partial charge in [0.2, 0.25) is 0 Å². The van der Waals surface area contributed by atoms with E-state index in [1.165, 1.54) is 0 Å². The molecule has 1 amide bonds. The molecular weight excluding hydrogens is 284 g/mol. The van der Waals surface area contributed by atoms with Gasteiger partial charge in [0.25, 0.3) is 5.91 Å². The third-order valence-corrected chi connectivity index (χ3v) is 3.38. The minimum absolute atomic E-state index is 0.241. The number of rotatable bonds is 6. The van der Waals surface area contributed by atoms with Gasteiger partial charge in [-0.2, -0.15) is 0 Å². The van der Waals surface area contributed by atoms with Crippen LogP contribution in [-0.4, -0.2) is 31.8 Å². The van der Waals surface area contributed by atoms with E-state index in [1.54, 1.807) is 27.2 Å². The van der Waals surface area contributed by atoms with E-state index in [1.807, 2.05) is 19.1 Å². The number of hydrogen-bond acceptors (Lipinski definition) is 5. The number of methoxy groups -OCH3 is 2. The first-order valence-corrected chi connectivity index (χ1v) is 6.98. The smallest absolute Gasteiger partial charge is 0.273 e. The minimum atomic E-state index is -0.241. The Bertz CT molecular complexity index is 664. The summed E-state index contributed by atoms with van der Waals surface area (Å²) in [6.45, 7) is 4.25. The third-order valence-electron chi connectivity index (χ3n) is 3.38. The fourth-order valence-corrected chi connectivity index (χ4v) is 2.17. The fourth-order valence-electron chi connectivity index (χ4n) is 2.17. The summed E-state index contributed by atoms with van der Waals surface area (Å²) in [5.74, 6) is 1.75. The zero-order chi connectivity index (χ0) is 16.1. The van der Waals surface area contributed by atoms with Crippen LogP contribution in [0.5, 0.6) is 11.5 Å². The highest BCUT2D eigenvalue weighted by Crippen LogP contribution is 2.30. The molecule has 0 saturated heterocycles. The highest BCUT2D eigenvalue weighted by molar-refractivity contribution is 5.92. The molecule has 2 rings (SSSR count). The first-order valence-electron chi connectivity index (χ1n) is 6.98. The Kier molecular flexibility index (Phi) is 5.04. The van der Waals surface area contributed by atoms with Gasteiger partial charge in [-0.1, -0.05) is 5.16 Å². The van der Waals surface area contributed by atoms with E-state index >= 15 is 0 Å². The Morgan fingerprint density at radius 3 is 2.45 bits per heavy atom. The summed E-state index contributed by atoms with van der Waals surface area (Å²) in [5.41, 5.74) is 2.47. The molecule has 0 aliphatic carbocycles. The number of aryl methyl sites for hydroxylation is 2. The van der Waals surface area contributed by atoms with Gasteiger partial charge in [-0.3, -0.25) is 4.79 Å². The van der Waals surface area contributed by atoms with Crippen molar-refractivity contribution in [3.63, 3.8) is 0 Å². The van der Waals surface area contributed by atoms with Gasteiger partial charge in [0.05, 0.1) is 14.2 Å². The molecule has 1 aromatic carbocycles. The molecule has 0 bridgehead atoms. The number of hydrogen-bond donors (Lipinski definition) is 1. The van der Waals surface area contributed by atoms with E-state index in [0.717, 1.165) is 11.1 Å². The Balaban J connectivity index is 1.98. The van der Waals surface area contributed by atoms with Crippen LogP contribution in [0.2, 0.25) is 0 Å². The molecule has 22 heavy (non-hydrogen) atoms. The maximum absolute atomic E-state index is 11.9. The van der Waals surface area contributed by atoms with E-state index in [0.29, 0.717) is 35.9 Å². The first kappa shape index (κ1) is 15.9. The number of carbonyl (C=O) groups excluding carboxylic acids is 1.